The van der Waals surface area contributed by atoms with Gasteiger partial charge in [-0.3, -0.25) is 9.48 Å². The fraction of sp³-hybridized carbons (Fsp3) is 0.714. The summed E-state index contributed by atoms with van der Waals surface area (Å²) < 4.78 is 45.0. The zero-order valence-corrected chi connectivity index (χ0v) is 12.5. The number of amides is 1. The van der Waals surface area contributed by atoms with E-state index in [1.807, 2.05) is 0 Å². The lowest BCUT2D eigenvalue weighted by molar-refractivity contribution is -0.170. The second-order valence-electron chi connectivity index (χ2n) is 5.53. The third-order valence-electron chi connectivity index (χ3n) is 3.63. The lowest BCUT2D eigenvalue weighted by Crippen LogP contribution is -2.49. The SMILES string of the molecule is Cn1cc(CCC(=O)N(CC(F)(F)F)C2CCCOC2)cn1. The first-order valence-electron chi connectivity index (χ1n) is 7.26. The summed E-state index contributed by atoms with van der Waals surface area (Å²) in [5.41, 5.74) is 0.836. The van der Waals surface area contributed by atoms with Gasteiger partial charge in [0, 0.05) is 26.3 Å². The van der Waals surface area contributed by atoms with Crippen LogP contribution < -0.4 is 0 Å². The molecular formula is C14H20F3N3O2. The Bertz CT molecular complexity index is 496. The average Bonchev–Trinajstić information content (AvgIpc) is 2.88. The van der Waals surface area contributed by atoms with Crippen molar-refractivity contribution in [2.75, 3.05) is 19.8 Å². The van der Waals surface area contributed by atoms with Crippen LogP contribution in [-0.4, -0.2) is 52.6 Å². The van der Waals surface area contributed by atoms with E-state index in [0.29, 0.717) is 25.9 Å². The van der Waals surface area contributed by atoms with Gasteiger partial charge in [-0.2, -0.15) is 18.3 Å². The molecule has 2 heterocycles. The fourth-order valence-corrected chi connectivity index (χ4v) is 2.58. The summed E-state index contributed by atoms with van der Waals surface area (Å²) in [4.78, 5) is 13.2. The first-order valence-corrected chi connectivity index (χ1v) is 7.26. The Balaban J connectivity index is 1.98. The predicted molar refractivity (Wildman–Crippen MR) is 73.1 cm³/mol. The first kappa shape index (κ1) is 16.8. The summed E-state index contributed by atoms with van der Waals surface area (Å²) >= 11 is 0. The summed E-state index contributed by atoms with van der Waals surface area (Å²) in [6.07, 6.45) is 0.619. The zero-order chi connectivity index (χ0) is 16.2. The number of carbonyl (C=O) groups excluding carboxylic acids is 1. The molecule has 124 valence electrons. The molecule has 1 aromatic rings. The number of alkyl halides is 3. The molecule has 0 bridgehead atoms. The maximum atomic E-state index is 12.7. The minimum absolute atomic E-state index is 0.0400. The summed E-state index contributed by atoms with van der Waals surface area (Å²) in [5, 5.41) is 3.98. The van der Waals surface area contributed by atoms with E-state index in [-0.39, 0.29) is 13.0 Å². The topological polar surface area (TPSA) is 47.4 Å². The van der Waals surface area contributed by atoms with Crippen molar-refractivity contribution in [1.29, 1.82) is 0 Å². The van der Waals surface area contributed by atoms with Crippen LogP contribution in [0.2, 0.25) is 0 Å². The van der Waals surface area contributed by atoms with Gasteiger partial charge >= 0.3 is 6.18 Å². The molecule has 0 N–H and O–H groups in total. The van der Waals surface area contributed by atoms with Crippen LogP contribution in [0.5, 0.6) is 0 Å². The first-order chi connectivity index (χ1) is 10.3. The van der Waals surface area contributed by atoms with Gasteiger partial charge in [0.1, 0.15) is 6.54 Å². The number of aromatic nitrogens is 2. The Morgan fingerprint density at radius 3 is 2.86 bits per heavy atom. The van der Waals surface area contributed by atoms with E-state index in [9.17, 15) is 18.0 Å². The summed E-state index contributed by atoms with van der Waals surface area (Å²) in [7, 11) is 1.75. The molecule has 1 aliphatic rings. The summed E-state index contributed by atoms with van der Waals surface area (Å²) in [6, 6.07) is -0.489. The Kier molecular flexibility index (Phi) is 5.44. The fourth-order valence-electron chi connectivity index (χ4n) is 2.58. The van der Waals surface area contributed by atoms with Crippen molar-refractivity contribution in [3.8, 4) is 0 Å². The van der Waals surface area contributed by atoms with Crippen molar-refractivity contribution >= 4 is 5.91 Å². The van der Waals surface area contributed by atoms with Crippen LogP contribution in [0.4, 0.5) is 13.2 Å². The smallest absolute Gasteiger partial charge is 0.379 e. The van der Waals surface area contributed by atoms with Gasteiger partial charge in [-0.05, 0) is 24.8 Å². The van der Waals surface area contributed by atoms with Crippen LogP contribution in [-0.2, 0) is 23.0 Å². The quantitative estimate of drug-likeness (QED) is 0.833. The molecule has 0 aromatic carbocycles. The largest absolute Gasteiger partial charge is 0.406 e. The molecule has 1 fully saturated rings. The molecule has 1 aromatic heterocycles. The lowest BCUT2D eigenvalue weighted by Gasteiger charge is -2.34. The average molecular weight is 319 g/mol. The van der Waals surface area contributed by atoms with Crippen molar-refractivity contribution in [2.45, 2.75) is 37.9 Å². The number of nitrogens with zero attached hydrogens (tertiary/aromatic N) is 3. The highest BCUT2D eigenvalue weighted by molar-refractivity contribution is 5.77. The third kappa shape index (κ3) is 5.01. The van der Waals surface area contributed by atoms with Gasteiger partial charge in [-0.25, -0.2) is 0 Å². The van der Waals surface area contributed by atoms with E-state index < -0.39 is 24.7 Å². The van der Waals surface area contributed by atoms with E-state index in [4.69, 9.17) is 4.74 Å². The molecule has 0 saturated carbocycles. The van der Waals surface area contributed by atoms with Crippen molar-refractivity contribution in [1.82, 2.24) is 14.7 Å². The van der Waals surface area contributed by atoms with Crippen LogP contribution in [0.25, 0.3) is 0 Å². The second kappa shape index (κ2) is 7.13. The molecule has 1 atom stereocenters. The molecule has 1 aliphatic heterocycles. The van der Waals surface area contributed by atoms with Gasteiger partial charge in [-0.15, -0.1) is 0 Å². The van der Waals surface area contributed by atoms with Crippen LogP contribution in [0, 0.1) is 0 Å². The van der Waals surface area contributed by atoms with E-state index in [0.717, 1.165) is 10.5 Å². The van der Waals surface area contributed by atoms with Crippen LogP contribution in [0.1, 0.15) is 24.8 Å². The number of carbonyl (C=O) groups is 1. The lowest BCUT2D eigenvalue weighted by atomic mass is 10.1. The minimum Gasteiger partial charge on any atom is -0.379 e. The molecular weight excluding hydrogens is 299 g/mol. The van der Waals surface area contributed by atoms with Crippen molar-refractivity contribution in [2.24, 2.45) is 7.05 Å². The van der Waals surface area contributed by atoms with E-state index in [2.05, 4.69) is 5.10 Å². The molecule has 2 rings (SSSR count). The van der Waals surface area contributed by atoms with E-state index in [1.165, 1.54) is 0 Å². The van der Waals surface area contributed by atoms with Crippen molar-refractivity contribution < 1.29 is 22.7 Å². The van der Waals surface area contributed by atoms with Gasteiger partial charge in [0.05, 0.1) is 18.8 Å². The molecule has 0 radical (unpaired) electrons. The zero-order valence-electron chi connectivity index (χ0n) is 12.5. The second-order valence-corrected chi connectivity index (χ2v) is 5.53. The van der Waals surface area contributed by atoms with E-state index >= 15 is 0 Å². The molecule has 1 unspecified atom stereocenters. The number of aryl methyl sites for hydroxylation is 2. The molecule has 22 heavy (non-hydrogen) atoms. The Morgan fingerprint density at radius 2 is 2.32 bits per heavy atom. The highest BCUT2D eigenvalue weighted by atomic mass is 19.4. The molecule has 0 aliphatic carbocycles. The number of halogens is 3. The summed E-state index contributed by atoms with van der Waals surface area (Å²) in [6.45, 7) is -0.498. The van der Waals surface area contributed by atoms with Gasteiger partial charge in [0.25, 0.3) is 0 Å². The van der Waals surface area contributed by atoms with Crippen LogP contribution in [0.15, 0.2) is 12.4 Å². The van der Waals surface area contributed by atoms with Crippen molar-refractivity contribution in [3.63, 3.8) is 0 Å². The van der Waals surface area contributed by atoms with Gasteiger partial charge in [0.15, 0.2) is 0 Å². The molecule has 1 saturated heterocycles. The number of rotatable bonds is 5. The minimum atomic E-state index is -4.40. The van der Waals surface area contributed by atoms with Crippen LogP contribution >= 0.6 is 0 Å². The Morgan fingerprint density at radius 1 is 1.55 bits per heavy atom. The number of hydrogen-bond acceptors (Lipinski definition) is 3. The molecule has 8 heteroatoms. The summed E-state index contributed by atoms with van der Waals surface area (Å²) in [5.74, 6) is -0.489. The maximum absolute atomic E-state index is 12.7. The highest BCUT2D eigenvalue weighted by Gasteiger charge is 2.36. The molecule has 1 amide bonds. The normalized spacial score (nSPS) is 19.2. The number of hydrogen-bond donors (Lipinski definition) is 0. The monoisotopic (exact) mass is 319 g/mol. The number of ether oxygens (including phenoxy) is 1. The Labute approximate surface area is 127 Å². The van der Waals surface area contributed by atoms with Gasteiger partial charge < -0.3 is 9.64 Å². The maximum Gasteiger partial charge on any atom is 0.406 e. The Hall–Kier alpha value is -1.57. The van der Waals surface area contributed by atoms with Crippen LogP contribution in [0.3, 0.4) is 0 Å². The van der Waals surface area contributed by atoms with Gasteiger partial charge in [0.2, 0.25) is 5.91 Å². The van der Waals surface area contributed by atoms with Gasteiger partial charge in [-0.1, -0.05) is 0 Å². The molecule has 0 spiro atoms. The highest BCUT2D eigenvalue weighted by Crippen LogP contribution is 2.22. The predicted octanol–water partition coefficient (Wildman–Crippen LogP) is 1.92. The third-order valence-corrected chi connectivity index (χ3v) is 3.63. The van der Waals surface area contributed by atoms with E-state index in [1.54, 1.807) is 24.1 Å². The standard InChI is InChI=1S/C14H20F3N3O2/c1-19-8-11(7-18-19)4-5-13(21)20(10-14(15,16)17)12-3-2-6-22-9-12/h7-8,12H,2-6,9-10H2,1H3. The molecule has 5 nitrogen and oxygen atoms in total. The van der Waals surface area contributed by atoms with Crippen molar-refractivity contribution in [3.05, 3.63) is 18.0 Å².